The minimum absolute atomic E-state index is 0.116. The third-order valence-corrected chi connectivity index (χ3v) is 7.52. The standard InChI is InChI=1S/C31H37N3S/c1-21-18-25(31(6,7)8)19-22(2)27(21)20-35-29-33-32-28(34(29)26-12-10-9-11-13-26)23-14-16-24(17-15-23)30(3,4)5/h9-19H,20H2,1-8H3. The second kappa shape index (κ2) is 9.66. The lowest BCUT2D eigenvalue weighted by Gasteiger charge is -2.22. The zero-order chi connectivity index (χ0) is 25.4. The molecule has 35 heavy (non-hydrogen) atoms. The number of thioether (sulfide) groups is 1. The number of hydrogen-bond donors (Lipinski definition) is 0. The molecule has 0 saturated carbocycles. The fraction of sp³-hybridized carbons (Fsp3) is 0.355. The lowest BCUT2D eigenvalue weighted by Crippen LogP contribution is -2.12. The normalized spacial score (nSPS) is 12.2. The molecule has 1 heterocycles. The minimum Gasteiger partial charge on any atom is -0.270 e. The van der Waals surface area contributed by atoms with Crippen LogP contribution < -0.4 is 0 Å². The quantitative estimate of drug-likeness (QED) is 0.267. The first-order valence-electron chi connectivity index (χ1n) is 12.3. The molecule has 0 unspecified atom stereocenters. The van der Waals surface area contributed by atoms with Gasteiger partial charge in [0.05, 0.1) is 0 Å². The van der Waals surface area contributed by atoms with Gasteiger partial charge in [0.2, 0.25) is 0 Å². The molecule has 0 bridgehead atoms. The fourth-order valence-corrected chi connectivity index (χ4v) is 5.42. The summed E-state index contributed by atoms with van der Waals surface area (Å²) in [6.07, 6.45) is 0. The zero-order valence-corrected chi connectivity index (χ0v) is 23.1. The second-order valence-electron chi connectivity index (χ2n) is 11.4. The highest BCUT2D eigenvalue weighted by Gasteiger charge is 2.20. The second-order valence-corrected chi connectivity index (χ2v) is 12.4. The molecule has 0 spiro atoms. The Balaban J connectivity index is 1.70. The van der Waals surface area contributed by atoms with Crippen LogP contribution in [0.15, 0.2) is 71.9 Å². The summed E-state index contributed by atoms with van der Waals surface area (Å²) in [7, 11) is 0. The van der Waals surface area contributed by atoms with Crippen LogP contribution in [0.5, 0.6) is 0 Å². The van der Waals surface area contributed by atoms with Gasteiger partial charge in [0.1, 0.15) is 0 Å². The molecule has 1 aromatic heterocycles. The third-order valence-electron chi connectivity index (χ3n) is 6.56. The Morgan fingerprint density at radius 3 is 1.83 bits per heavy atom. The van der Waals surface area contributed by atoms with Gasteiger partial charge in [-0.1, -0.05) is 108 Å². The molecular formula is C31H37N3S. The van der Waals surface area contributed by atoms with E-state index in [4.69, 9.17) is 0 Å². The molecule has 0 aliphatic heterocycles. The molecule has 4 aromatic rings. The van der Waals surface area contributed by atoms with Crippen LogP contribution in [0.3, 0.4) is 0 Å². The topological polar surface area (TPSA) is 30.7 Å². The van der Waals surface area contributed by atoms with E-state index in [9.17, 15) is 0 Å². The van der Waals surface area contributed by atoms with E-state index in [1.807, 2.05) is 6.07 Å². The van der Waals surface area contributed by atoms with E-state index in [2.05, 4.69) is 131 Å². The molecule has 0 radical (unpaired) electrons. The summed E-state index contributed by atoms with van der Waals surface area (Å²) in [6.45, 7) is 18.0. The summed E-state index contributed by atoms with van der Waals surface area (Å²) >= 11 is 1.75. The van der Waals surface area contributed by atoms with Gasteiger partial charge in [0, 0.05) is 17.0 Å². The van der Waals surface area contributed by atoms with Crippen LogP contribution in [0, 0.1) is 13.8 Å². The van der Waals surface area contributed by atoms with Gasteiger partial charge in [-0.15, -0.1) is 10.2 Å². The van der Waals surface area contributed by atoms with E-state index in [-0.39, 0.29) is 10.8 Å². The third kappa shape index (κ3) is 5.54. The van der Waals surface area contributed by atoms with Gasteiger partial charge >= 0.3 is 0 Å². The minimum atomic E-state index is 0.116. The largest absolute Gasteiger partial charge is 0.270 e. The molecule has 4 heteroatoms. The highest BCUT2D eigenvalue weighted by Crippen LogP contribution is 2.34. The average molecular weight is 484 g/mol. The van der Waals surface area contributed by atoms with E-state index in [0.29, 0.717) is 0 Å². The van der Waals surface area contributed by atoms with E-state index >= 15 is 0 Å². The Morgan fingerprint density at radius 1 is 0.714 bits per heavy atom. The van der Waals surface area contributed by atoms with Gasteiger partial charge in [0.15, 0.2) is 11.0 Å². The monoisotopic (exact) mass is 483 g/mol. The average Bonchev–Trinajstić information content (AvgIpc) is 3.22. The van der Waals surface area contributed by atoms with Gasteiger partial charge < -0.3 is 0 Å². The van der Waals surface area contributed by atoms with Crippen molar-refractivity contribution in [2.45, 2.75) is 77.1 Å². The summed E-state index contributed by atoms with van der Waals surface area (Å²) < 4.78 is 2.19. The number of para-hydroxylation sites is 1. The van der Waals surface area contributed by atoms with E-state index in [0.717, 1.165) is 28.0 Å². The molecule has 0 N–H and O–H groups in total. The fourth-order valence-electron chi connectivity index (χ4n) is 4.27. The summed E-state index contributed by atoms with van der Waals surface area (Å²) in [6, 6.07) is 23.8. The first kappa shape index (κ1) is 25.2. The Hall–Kier alpha value is -2.85. The molecule has 182 valence electrons. The van der Waals surface area contributed by atoms with Crippen molar-refractivity contribution in [1.82, 2.24) is 14.8 Å². The molecule has 0 amide bonds. The molecule has 3 nitrogen and oxygen atoms in total. The number of aryl methyl sites for hydroxylation is 2. The highest BCUT2D eigenvalue weighted by molar-refractivity contribution is 7.98. The Morgan fingerprint density at radius 2 is 1.29 bits per heavy atom. The molecule has 3 aromatic carbocycles. The number of hydrogen-bond acceptors (Lipinski definition) is 3. The molecule has 0 saturated heterocycles. The maximum absolute atomic E-state index is 4.65. The lowest BCUT2D eigenvalue weighted by molar-refractivity contribution is 0.589. The van der Waals surface area contributed by atoms with Crippen molar-refractivity contribution < 1.29 is 0 Å². The van der Waals surface area contributed by atoms with Crippen molar-refractivity contribution in [3.8, 4) is 17.1 Å². The number of rotatable bonds is 5. The summed E-state index contributed by atoms with van der Waals surface area (Å²) in [5.41, 5.74) is 9.16. The first-order chi connectivity index (χ1) is 16.4. The van der Waals surface area contributed by atoms with E-state index in [1.165, 1.54) is 27.8 Å². The summed E-state index contributed by atoms with van der Waals surface area (Å²) in [5, 5.41) is 10.2. The zero-order valence-electron chi connectivity index (χ0n) is 22.3. The molecule has 4 rings (SSSR count). The van der Waals surface area contributed by atoms with Crippen LogP contribution in [0.4, 0.5) is 0 Å². The summed E-state index contributed by atoms with van der Waals surface area (Å²) in [4.78, 5) is 0. The lowest BCUT2D eigenvalue weighted by atomic mass is 9.84. The van der Waals surface area contributed by atoms with Gasteiger partial charge in [0.25, 0.3) is 0 Å². The number of nitrogens with zero attached hydrogens (tertiary/aromatic N) is 3. The molecule has 0 atom stereocenters. The van der Waals surface area contributed by atoms with Crippen molar-refractivity contribution in [2.75, 3.05) is 0 Å². The maximum atomic E-state index is 4.65. The Bertz CT molecular complexity index is 1280. The summed E-state index contributed by atoms with van der Waals surface area (Å²) in [5.74, 6) is 1.73. The molecule has 0 aliphatic carbocycles. The van der Waals surface area contributed by atoms with Crippen molar-refractivity contribution in [1.29, 1.82) is 0 Å². The highest BCUT2D eigenvalue weighted by atomic mass is 32.2. The Kier molecular flexibility index (Phi) is 6.97. The van der Waals surface area contributed by atoms with Gasteiger partial charge in [-0.05, 0) is 64.6 Å². The van der Waals surface area contributed by atoms with Crippen molar-refractivity contribution >= 4 is 11.8 Å². The van der Waals surface area contributed by atoms with Crippen molar-refractivity contribution in [3.63, 3.8) is 0 Å². The molecule has 0 aliphatic rings. The molecule has 0 fully saturated rings. The maximum Gasteiger partial charge on any atom is 0.196 e. The smallest absolute Gasteiger partial charge is 0.196 e. The predicted octanol–water partition coefficient (Wildman–Crippen LogP) is 8.44. The van der Waals surface area contributed by atoms with Crippen molar-refractivity contribution in [2.24, 2.45) is 0 Å². The van der Waals surface area contributed by atoms with E-state index in [1.54, 1.807) is 11.8 Å². The van der Waals surface area contributed by atoms with Crippen LogP contribution in [0.25, 0.3) is 17.1 Å². The van der Waals surface area contributed by atoms with Crippen LogP contribution in [-0.4, -0.2) is 14.8 Å². The Labute approximate surface area is 215 Å². The van der Waals surface area contributed by atoms with Gasteiger partial charge in [-0.3, -0.25) is 4.57 Å². The van der Waals surface area contributed by atoms with Crippen LogP contribution in [0.2, 0.25) is 0 Å². The van der Waals surface area contributed by atoms with Gasteiger partial charge in [-0.2, -0.15) is 0 Å². The van der Waals surface area contributed by atoms with Crippen LogP contribution in [-0.2, 0) is 16.6 Å². The SMILES string of the molecule is Cc1cc(C(C)(C)C)cc(C)c1CSc1nnc(-c2ccc(C(C)(C)C)cc2)n1-c1ccccc1. The number of benzene rings is 3. The van der Waals surface area contributed by atoms with Crippen LogP contribution >= 0.6 is 11.8 Å². The van der Waals surface area contributed by atoms with E-state index < -0.39 is 0 Å². The molecular weight excluding hydrogens is 446 g/mol. The van der Waals surface area contributed by atoms with Crippen LogP contribution in [0.1, 0.15) is 69.4 Å². The van der Waals surface area contributed by atoms with Crippen molar-refractivity contribution in [3.05, 3.63) is 94.5 Å². The predicted molar refractivity (Wildman–Crippen MR) is 150 cm³/mol. The number of aromatic nitrogens is 3. The first-order valence-corrected chi connectivity index (χ1v) is 13.3. The van der Waals surface area contributed by atoms with Gasteiger partial charge in [-0.25, -0.2) is 0 Å².